The van der Waals surface area contributed by atoms with Crippen LogP contribution in [0.4, 0.5) is 0 Å². The maximum Gasteiger partial charge on any atom is 0.224 e. The normalized spacial score (nSPS) is 18.8. The van der Waals surface area contributed by atoms with Crippen LogP contribution in [0.15, 0.2) is 24.3 Å². The second-order valence-corrected chi connectivity index (χ2v) is 6.05. The summed E-state index contributed by atoms with van der Waals surface area (Å²) in [7, 11) is 1.69. The molecule has 2 N–H and O–H groups in total. The Labute approximate surface area is 133 Å². The molecule has 1 aromatic carbocycles. The van der Waals surface area contributed by atoms with Crippen molar-refractivity contribution in [2.45, 2.75) is 32.4 Å². The average Bonchev–Trinajstić information content (AvgIpc) is 2.53. The highest BCUT2D eigenvalue weighted by atomic mass is 16.5. The molecular formula is C17H27N3O2. The molecule has 2 rings (SSSR count). The van der Waals surface area contributed by atoms with Crippen molar-refractivity contribution in [1.82, 2.24) is 9.80 Å². The maximum absolute atomic E-state index is 12.0. The van der Waals surface area contributed by atoms with E-state index in [0.29, 0.717) is 12.5 Å². The fourth-order valence-corrected chi connectivity index (χ4v) is 2.88. The molecule has 1 fully saturated rings. The summed E-state index contributed by atoms with van der Waals surface area (Å²) in [6.07, 6.45) is 0.436. The number of rotatable bonds is 5. The molecule has 1 amide bonds. The topological polar surface area (TPSA) is 58.8 Å². The highest BCUT2D eigenvalue weighted by Crippen LogP contribution is 2.24. The number of hydrogen-bond acceptors (Lipinski definition) is 4. The molecule has 5 nitrogen and oxygen atoms in total. The minimum Gasteiger partial charge on any atom is -0.497 e. The molecule has 0 spiro atoms. The fourth-order valence-electron chi connectivity index (χ4n) is 2.88. The second kappa shape index (κ2) is 7.61. The lowest BCUT2D eigenvalue weighted by Crippen LogP contribution is -2.50. The molecule has 0 radical (unpaired) electrons. The van der Waals surface area contributed by atoms with Crippen LogP contribution in [-0.2, 0) is 4.79 Å². The van der Waals surface area contributed by atoms with Gasteiger partial charge in [-0.25, -0.2) is 0 Å². The first kappa shape index (κ1) is 16.8. The van der Waals surface area contributed by atoms with Crippen molar-refractivity contribution in [2.75, 3.05) is 33.3 Å². The number of carbonyl (C=O) groups is 1. The number of hydrogen-bond donors (Lipinski definition) is 1. The first-order chi connectivity index (χ1) is 10.5. The van der Waals surface area contributed by atoms with Gasteiger partial charge in [0, 0.05) is 44.7 Å². The van der Waals surface area contributed by atoms with Crippen LogP contribution in [0.5, 0.6) is 5.75 Å². The summed E-state index contributed by atoms with van der Waals surface area (Å²) in [6, 6.07) is 8.44. The molecule has 2 atom stereocenters. The number of ether oxygens (including phenoxy) is 1. The van der Waals surface area contributed by atoms with E-state index >= 15 is 0 Å². The van der Waals surface area contributed by atoms with Gasteiger partial charge in [0.2, 0.25) is 5.91 Å². The maximum atomic E-state index is 12.0. The summed E-state index contributed by atoms with van der Waals surface area (Å²) in [5, 5.41) is 0. The monoisotopic (exact) mass is 305 g/mol. The van der Waals surface area contributed by atoms with E-state index < -0.39 is 0 Å². The predicted molar refractivity (Wildman–Crippen MR) is 87.8 cm³/mol. The van der Waals surface area contributed by atoms with E-state index in [1.165, 1.54) is 5.56 Å². The molecule has 0 aliphatic carbocycles. The van der Waals surface area contributed by atoms with E-state index in [1.54, 1.807) is 7.11 Å². The van der Waals surface area contributed by atoms with Gasteiger partial charge in [-0.05, 0) is 31.5 Å². The zero-order valence-corrected chi connectivity index (χ0v) is 13.8. The molecule has 5 heteroatoms. The lowest BCUT2D eigenvalue weighted by Gasteiger charge is -2.38. The molecule has 1 saturated heterocycles. The molecule has 0 saturated carbocycles. The second-order valence-electron chi connectivity index (χ2n) is 6.05. The Morgan fingerprint density at radius 2 is 1.95 bits per heavy atom. The van der Waals surface area contributed by atoms with E-state index in [4.69, 9.17) is 10.5 Å². The fraction of sp³-hybridized carbons (Fsp3) is 0.588. The first-order valence-electron chi connectivity index (χ1n) is 7.92. The number of carbonyl (C=O) groups excluding carboxylic acids is 1. The summed E-state index contributed by atoms with van der Waals surface area (Å²) in [6.45, 7) is 7.42. The Bertz CT molecular complexity index is 496. The lowest BCUT2D eigenvalue weighted by molar-refractivity contribution is -0.133. The van der Waals surface area contributed by atoms with Crippen molar-refractivity contribution in [3.8, 4) is 5.75 Å². The van der Waals surface area contributed by atoms with Gasteiger partial charge in [0.05, 0.1) is 7.11 Å². The molecule has 122 valence electrons. The third kappa shape index (κ3) is 4.21. The molecule has 1 aromatic rings. The van der Waals surface area contributed by atoms with Crippen LogP contribution in [0, 0.1) is 0 Å². The number of nitrogens with two attached hydrogens (primary N) is 1. The van der Waals surface area contributed by atoms with Gasteiger partial charge >= 0.3 is 0 Å². The average molecular weight is 305 g/mol. The van der Waals surface area contributed by atoms with Crippen molar-refractivity contribution in [1.29, 1.82) is 0 Å². The van der Waals surface area contributed by atoms with Crippen molar-refractivity contribution >= 4 is 5.91 Å². The van der Waals surface area contributed by atoms with Gasteiger partial charge < -0.3 is 15.4 Å². The number of methoxy groups -OCH3 is 1. The minimum absolute atomic E-state index is 0.0683. The minimum atomic E-state index is -0.0683. The SMILES string of the molecule is COc1cccc(C(C)N2CCN(C(=O)CC(C)N)CC2)c1. The summed E-state index contributed by atoms with van der Waals surface area (Å²) in [5.41, 5.74) is 6.95. The highest BCUT2D eigenvalue weighted by molar-refractivity contribution is 5.76. The number of nitrogens with zero attached hydrogens (tertiary/aromatic N) is 2. The molecule has 22 heavy (non-hydrogen) atoms. The van der Waals surface area contributed by atoms with Crippen LogP contribution in [-0.4, -0.2) is 55.0 Å². The summed E-state index contributed by atoms with van der Waals surface area (Å²) >= 11 is 0. The van der Waals surface area contributed by atoms with Crippen LogP contribution in [0.1, 0.15) is 31.9 Å². The van der Waals surface area contributed by atoms with E-state index in [2.05, 4.69) is 24.0 Å². The van der Waals surface area contributed by atoms with Crippen molar-refractivity contribution in [3.05, 3.63) is 29.8 Å². The van der Waals surface area contributed by atoms with Gasteiger partial charge in [-0.2, -0.15) is 0 Å². The zero-order valence-electron chi connectivity index (χ0n) is 13.8. The van der Waals surface area contributed by atoms with Crippen molar-refractivity contribution < 1.29 is 9.53 Å². The van der Waals surface area contributed by atoms with Gasteiger partial charge in [0.25, 0.3) is 0 Å². The van der Waals surface area contributed by atoms with Gasteiger partial charge in [0.15, 0.2) is 0 Å². The van der Waals surface area contributed by atoms with Crippen LogP contribution >= 0.6 is 0 Å². The molecule has 1 heterocycles. The Hall–Kier alpha value is -1.59. The van der Waals surface area contributed by atoms with Crippen molar-refractivity contribution in [2.24, 2.45) is 5.73 Å². The number of benzene rings is 1. The standard InChI is InChI=1S/C17H27N3O2/c1-13(18)11-17(21)20-9-7-19(8-10-20)14(2)15-5-4-6-16(12-15)22-3/h4-6,12-14H,7-11,18H2,1-3H3. The van der Waals surface area contributed by atoms with Gasteiger partial charge in [-0.3, -0.25) is 9.69 Å². The molecule has 1 aliphatic heterocycles. The Kier molecular flexibility index (Phi) is 5.80. The van der Waals surface area contributed by atoms with Gasteiger partial charge in [-0.1, -0.05) is 12.1 Å². The van der Waals surface area contributed by atoms with E-state index in [9.17, 15) is 4.79 Å². The zero-order chi connectivity index (χ0) is 16.1. The van der Waals surface area contributed by atoms with E-state index in [-0.39, 0.29) is 11.9 Å². The van der Waals surface area contributed by atoms with Crippen LogP contribution in [0.25, 0.3) is 0 Å². The lowest BCUT2D eigenvalue weighted by atomic mass is 10.1. The predicted octanol–water partition coefficient (Wildman–Crippen LogP) is 1.64. The molecular weight excluding hydrogens is 278 g/mol. The third-order valence-corrected chi connectivity index (χ3v) is 4.29. The first-order valence-corrected chi connectivity index (χ1v) is 7.92. The number of piperazine rings is 1. The molecule has 0 aromatic heterocycles. The van der Waals surface area contributed by atoms with E-state index in [0.717, 1.165) is 31.9 Å². The molecule has 1 aliphatic rings. The number of amides is 1. The summed E-state index contributed by atoms with van der Waals surface area (Å²) < 4.78 is 5.29. The van der Waals surface area contributed by atoms with Crippen LogP contribution in [0.3, 0.4) is 0 Å². The Morgan fingerprint density at radius 3 is 2.55 bits per heavy atom. The quantitative estimate of drug-likeness (QED) is 0.898. The molecule has 2 unspecified atom stereocenters. The summed E-state index contributed by atoms with van der Waals surface area (Å²) in [4.78, 5) is 16.4. The largest absolute Gasteiger partial charge is 0.497 e. The van der Waals surface area contributed by atoms with Gasteiger partial charge in [0.1, 0.15) is 5.75 Å². The van der Waals surface area contributed by atoms with Crippen LogP contribution < -0.4 is 10.5 Å². The Morgan fingerprint density at radius 1 is 1.27 bits per heavy atom. The van der Waals surface area contributed by atoms with Gasteiger partial charge in [-0.15, -0.1) is 0 Å². The van der Waals surface area contributed by atoms with Crippen LogP contribution in [0.2, 0.25) is 0 Å². The Balaban J connectivity index is 1.91. The third-order valence-electron chi connectivity index (χ3n) is 4.29. The van der Waals surface area contributed by atoms with E-state index in [1.807, 2.05) is 24.0 Å². The van der Waals surface area contributed by atoms with Crippen molar-refractivity contribution in [3.63, 3.8) is 0 Å². The molecule has 0 bridgehead atoms. The smallest absolute Gasteiger partial charge is 0.224 e. The highest BCUT2D eigenvalue weighted by Gasteiger charge is 2.25. The summed E-state index contributed by atoms with van der Waals surface area (Å²) in [5.74, 6) is 1.05.